The minimum atomic E-state index is -2.91. The molecule has 0 aromatic heterocycles. The smallest absolute Gasteiger partial charge is 0.150 e. The highest BCUT2D eigenvalue weighted by molar-refractivity contribution is 7.91. The van der Waals surface area contributed by atoms with Crippen LogP contribution in [0.25, 0.3) is 0 Å². The molecule has 0 saturated carbocycles. The fourth-order valence-electron chi connectivity index (χ4n) is 2.48. The molecule has 0 aliphatic carbocycles. The third-order valence-corrected chi connectivity index (χ3v) is 5.64. The van der Waals surface area contributed by atoms with Crippen molar-refractivity contribution in [2.24, 2.45) is 5.16 Å². The van der Waals surface area contributed by atoms with E-state index in [0.717, 1.165) is 5.56 Å². The van der Waals surface area contributed by atoms with Crippen LogP contribution in [-0.4, -0.2) is 31.2 Å². The van der Waals surface area contributed by atoms with Gasteiger partial charge in [0.15, 0.2) is 9.84 Å². The van der Waals surface area contributed by atoms with Crippen LogP contribution < -0.4 is 0 Å². The number of rotatable bonds is 0. The number of halogens is 1. The molecule has 1 saturated heterocycles. The Labute approximate surface area is 129 Å². The summed E-state index contributed by atoms with van der Waals surface area (Å²) in [6.45, 7) is 0. The van der Waals surface area contributed by atoms with Gasteiger partial charge in [-0.15, -0.1) is 0 Å². The van der Waals surface area contributed by atoms with Crippen molar-refractivity contribution in [2.75, 3.05) is 11.5 Å². The second kappa shape index (κ2) is 5.36. The van der Waals surface area contributed by atoms with E-state index in [-0.39, 0.29) is 11.5 Å². The topological polar surface area (TPSA) is 55.7 Å². The van der Waals surface area contributed by atoms with Crippen LogP contribution >= 0.6 is 11.6 Å². The summed E-state index contributed by atoms with van der Waals surface area (Å²) in [6.07, 6.45) is 1.55. The Hall–Kier alpha value is -1.51. The van der Waals surface area contributed by atoms with Crippen LogP contribution in [0, 0.1) is 11.8 Å². The molecule has 2 aliphatic heterocycles. The van der Waals surface area contributed by atoms with Gasteiger partial charge in [-0.25, -0.2) is 8.42 Å². The van der Waals surface area contributed by atoms with E-state index >= 15 is 0 Å². The molecule has 21 heavy (non-hydrogen) atoms. The molecule has 2 heterocycles. The van der Waals surface area contributed by atoms with Crippen molar-refractivity contribution in [2.45, 2.75) is 24.9 Å². The van der Waals surface area contributed by atoms with Crippen molar-refractivity contribution in [3.05, 3.63) is 34.9 Å². The third-order valence-electron chi connectivity index (χ3n) is 3.75. The van der Waals surface area contributed by atoms with Crippen LogP contribution in [-0.2, 0) is 14.7 Å². The molecule has 0 radical (unpaired) electrons. The van der Waals surface area contributed by atoms with E-state index in [9.17, 15) is 8.42 Å². The quantitative estimate of drug-likeness (QED) is 0.689. The summed E-state index contributed by atoms with van der Waals surface area (Å²) in [5.74, 6) is 6.31. The van der Waals surface area contributed by atoms with Crippen LogP contribution in [0.15, 0.2) is 29.4 Å². The average Bonchev–Trinajstić information content (AvgIpc) is 2.85. The van der Waals surface area contributed by atoms with Gasteiger partial charge in [0, 0.05) is 29.8 Å². The second-order valence-electron chi connectivity index (χ2n) is 5.40. The van der Waals surface area contributed by atoms with Gasteiger partial charge in [-0.05, 0) is 24.1 Å². The van der Waals surface area contributed by atoms with Crippen molar-refractivity contribution in [1.82, 2.24) is 0 Å². The molecule has 0 N–H and O–H groups in total. The number of nitrogens with zero attached hydrogens (tertiary/aromatic N) is 1. The lowest BCUT2D eigenvalue weighted by molar-refractivity contribution is -0.0256. The number of benzene rings is 1. The van der Waals surface area contributed by atoms with Crippen molar-refractivity contribution in [3.8, 4) is 11.8 Å². The van der Waals surface area contributed by atoms with E-state index < -0.39 is 15.4 Å². The number of hydrogen-bond donors (Lipinski definition) is 0. The van der Waals surface area contributed by atoms with Gasteiger partial charge in [0.1, 0.15) is 11.3 Å². The molecule has 0 unspecified atom stereocenters. The number of oxime groups is 1. The Bertz CT molecular complexity index is 745. The summed E-state index contributed by atoms with van der Waals surface area (Å²) in [4.78, 5) is 5.49. The van der Waals surface area contributed by atoms with E-state index in [1.807, 2.05) is 12.1 Å². The second-order valence-corrected chi connectivity index (χ2v) is 8.14. The van der Waals surface area contributed by atoms with Crippen molar-refractivity contribution in [3.63, 3.8) is 0 Å². The highest BCUT2D eigenvalue weighted by atomic mass is 35.5. The first kappa shape index (κ1) is 14.4. The zero-order chi connectivity index (χ0) is 14.9. The third kappa shape index (κ3) is 3.39. The maximum absolute atomic E-state index is 11.5. The molecule has 3 rings (SSSR count). The molecule has 1 spiro atoms. The lowest BCUT2D eigenvalue weighted by Gasteiger charge is -2.29. The van der Waals surface area contributed by atoms with Crippen LogP contribution in [0.5, 0.6) is 0 Å². The zero-order valence-corrected chi connectivity index (χ0v) is 12.9. The zero-order valence-electron chi connectivity index (χ0n) is 11.3. The van der Waals surface area contributed by atoms with Crippen LogP contribution in [0.2, 0.25) is 5.02 Å². The molecule has 0 atom stereocenters. The van der Waals surface area contributed by atoms with E-state index in [2.05, 4.69) is 17.0 Å². The molecular weight excluding hydrogens is 310 g/mol. The van der Waals surface area contributed by atoms with Gasteiger partial charge in [0.25, 0.3) is 0 Å². The predicted octanol–water partition coefficient (Wildman–Crippen LogP) is 2.42. The minimum absolute atomic E-state index is 0.164. The Kier molecular flexibility index (Phi) is 3.68. The molecule has 2 aliphatic rings. The molecule has 0 amide bonds. The summed E-state index contributed by atoms with van der Waals surface area (Å²) in [5, 5.41) is 4.65. The maximum atomic E-state index is 11.5. The Morgan fingerprint density at radius 2 is 2.00 bits per heavy atom. The SMILES string of the molecule is O=S1(=O)CCC2(CC1)CC(C#Cc1cccc(Cl)c1)=NO2. The summed E-state index contributed by atoms with van der Waals surface area (Å²) in [7, 11) is -2.91. The van der Waals surface area contributed by atoms with Gasteiger partial charge in [-0.3, -0.25) is 0 Å². The van der Waals surface area contributed by atoms with E-state index in [4.69, 9.17) is 16.4 Å². The molecule has 1 aromatic rings. The molecule has 0 bridgehead atoms. The van der Waals surface area contributed by atoms with Gasteiger partial charge in [0.05, 0.1) is 11.5 Å². The minimum Gasteiger partial charge on any atom is -0.388 e. The van der Waals surface area contributed by atoms with Gasteiger partial charge in [-0.2, -0.15) is 0 Å². The maximum Gasteiger partial charge on any atom is 0.150 e. The van der Waals surface area contributed by atoms with Gasteiger partial charge in [-0.1, -0.05) is 28.7 Å². The Morgan fingerprint density at radius 3 is 2.71 bits per heavy atom. The predicted molar refractivity (Wildman–Crippen MR) is 82.1 cm³/mol. The fourth-order valence-corrected chi connectivity index (χ4v) is 4.24. The first-order valence-corrected chi connectivity index (χ1v) is 8.89. The summed E-state index contributed by atoms with van der Waals surface area (Å²) in [6, 6.07) is 7.29. The molecular formula is C15H14ClNO3S. The highest BCUT2D eigenvalue weighted by Gasteiger charge is 2.43. The summed E-state index contributed by atoms with van der Waals surface area (Å²) < 4.78 is 23.0. The lowest BCUT2D eigenvalue weighted by Crippen LogP contribution is -2.39. The highest BCUT2D eigenvalue weighted by Crippen LogP contribution is 2.35. The standard InChI is InChI=1S/C15H14ClNO3S/c16-13-3-1-2-12(10-13)4-5-14-11-15(20-17-14)6-8-21(18,19)9-7-15/h1-3,10H,6-9,11H2. The van der Waals surface area contributed by atoms with Gasteiger partial charge in [0.2, 0.25) is 0 Å². The van der Waals surface area contributed by atoms with Crippen LogP contribution in [0.4, 0.5) is 0 Å². The summed E-state index contributed by atoms with van der Waals surface area (Å²) in [5.41, 5.74) is 1.01. The van der Waals surface area contributed by atoms with E-state index in [1.165, 1.54) is 0 Å². The Balaban J connectivity index is 1.68. The molecule has 4 nitrogen and oxygen atoms in total. The molecule has 110 valence electrons. The molecule has 6 heteroatoms. The monoisotopic (exact) mass is 323 g/mol. The molecule has 1 fully saturated rings. The molecule has 1 aromatic carbocycles. The lowest BCUT2D eigenvalue weighted by atomic mass is 9.91. The summed E-state index contributed by atoms with van der Waals surface area (Å²) >= 11 is 5.90. The van der Waals surface area contributed by atoms with Gasteiger partial charge >= 0.3 is 0 Å². The number of sulfone groups is 1. The average molecular weight is 324 g/mol. The van der Waals surface area contributed by atoms with E-state index in [0.29, 0.717) is 30.0 Å². The van der Waals surface area contributed by atoms with Crippen molar-refractivity contribution >= 4 is 27.1 Å². The largest absolute Gasteiger partial charge is 0.388 e. The van der Waals surface area contributed by atoms with Crippen molar-refractivity contribution in [1.29, 1.82) is 0 Å². The van der Waals surface area contributed by atoms with Crippen molar-refractivity contribution < 1.29 is 13.3 Å². The number of hydrogen-bond acceptors (Lipinski definition) is 4. The Morgan fingerprint density at radius 1 is 1.24 bits per heavy atom. The van der Waals surface area contributed by atoms with Gasteiger partial charge < -0.3 is 4.84 Å². The van der Waals surface area contributed by atoms with Crippen LogP contribution in [0.1, 0.15) is 24.8 Å². The fraction of sp³-hybridized carbons (Fsp3) is 0.400. The first-order valence-electron chi connectivity index (χ1n) is 6.70. The van der Waals surface area contributed by atoms with Crippen LogP contribution in [0.3, 0.4) is 0 Å². The first-order chi connectivity index (χ1) is 9.96. The normalized spacial score (nSPS) is 22.0. The van der Waals surface area contributed by atoms with E-state index in [1.54, 1.807) is 12.1 Å².